The van der Waals surface area contributed by atoms with Gasteiger partial charge in [-0.2, -0.15) is 0 Å². The lowest BCUT2D eigenvalue weighted by Crippen LogP contribution is -2.32. The summed E-state index contributed by atoms with van der Waals surface area (Å²) in [4.78, 5) is 0.0114. The first-order valence-corrected chi connectivity index (χ1v) is 11.8. The maximum atomic E-state index is 12.6. The molecule has 0 saturated heterocycles. The molecule has 28 heavy (non-hydrogen) atoms. The fourth-order valence-corrected chi connectivity index (χ4v) is 5.36. The van der Waals surface area contributed by atoms with Crippen LogP contribution in [0.1, 0.15) is 18.9 Å². The highest BCUT2D eigenvalue weighted by atomic mass is 32.2. The number of aryl methyl sites for hydroxylation is 1. The van der Waals surface area contributed by atoms with E-state index in [2.05, 4.69) is 4.72 Å². The van der Waals surface area contributed by atoms with Crippen molar-refractivity contribution in [3.63, 3.8) is 0 Å². The van der Waals surface area contributed by atoms with E-state index in [-0.39, 0.29) is 15.8 Å². The van der Waals surface area contributed by atoms with Gasteiger partial charge >= 0.3 is 0 Å². The van der Waals surface area contributed by atoms with Crippen molar-refractivity contribution in [1.82, 2.24) is 8.69 Å². The number of nitrogens with one attached hydrogen (secondary N) is 1. The Hall–Kier alpha value is -2.42. The predicted octanol–water partition coefficient (Wildman–Crippen LogP) is 3.02. The van der Waals surface area contributed by atoms with Crippen molar-refractivity contribution in [2.75, 3.05) is 0 Å². The highest BCUT2D eigenvalue weighted by Crippen LogP contribution is 2.18. The summed E-state index contributed by atoms with van der Waals surface area (Å²) in [6.07, 6.45) is 3.74. The molecule has 0 aliphatic carbocycles. The van der Waals surface area contributed by atoms with E-state index in [0.717, 1.165) is 22.2 Å². The zero-order chi connectivity index (χ0) is 20.2. The Kier molecular flexibility index (Phi) is 6.02. The Morgan fingerprint density at radius 3 is 2.11 bits per heavy atom. The quantitative estimate of drug-likeness (QED) is 0.609. The zero-order valence-electron chi connectivity index (χ0n) is 15.4. The van der Waals surface area contributed by atoms with Crippen LogP contribution in [0.25, 0.3) is 0 Å². The van der Waals surface area contributed by atoms with Crippen molar-refractivity contribution < 1.29 is 16.8 Å². The third-order valence-electron chi connectivity index (χ3n) is 4.33. The average molecular weight is 419 g/mol. The van der Waals surface area contributed by atoms with Crippen LogP contribution in [0, 0.1) is 0 Å². The van der Waals surface area contributed by atoms with Gasteiger partial charge < -0.3 is 0 Å². The van der Waals surface area contributed by atoms with Crippen LogP contribution in [0.3, 0.4) is 0 Å². The number of nitrogens with zero attached hydrogens (tertiary/aromatic N) is 1. The molecule has 0 radical (unpaired) electrons. The van der Waals surface area contributed by atoms with Gasteiger partial charge in [0, 0.05) is 18.4 Å². The van der Waals surface area contributed by atoms with Crippen LogP contribution in [-0.4, -0.2) is 26.8 Å². The van der Waals surface area contributed by atoms with E-state index in [1.165, 1.54) is 24.4 Å². The third-order valence-corrected chi connectivity index (χ3v) is 7.56. The van der Waals surface area contributed by atoms with Crippen LogP contribution in [0.2, 0.25) is 0 Å². The van der Waals surface area contributed by atoms with Gasteiger partial charge in [0.2, 0.25) is 10.0 Å². The Labute approximate surface area is 165 Å². The fraction of sp³-hybridized carbons (Fsp3) is 0.200. The normalized spacial score (nSPS) is 13.3. The molecule has 0 fully saturated rings. The Bertz CT molecular complexity index is 1120. The van der Waals surface area contributed by atoms with Gasteiger partial charge in [-0.3, -0.25) is 0 Å². The molecule has 3 aromatic rings. The minimum absolute atomic E-state index is 0.0847. The second-order valence-corrected chi connectivity index (χ2v) is 10.1. The lowest BCUT2D eigenvalue weighted by molar-refractivity contribution is 0.547. The second kappa shape index (κ2) is 8.30. The van der Waals surface area contributed by atoms with E-state index in [0.29, 0.717) is 6.42 Å². The van der Waals surface area contributed by atoms with E-state index in [1.54, 1.807) is 25.1 Å². The summed E-state index contributed by atoms with van der Waals surface area (Å²) in [5, 5.41) is 0. The standard InChI is InChI=1S/C20H22N2O4S2/c1-17(12-13-18-8-4-2-5-9-18)21-27(23,24)20-14-15-22(16-20)28(25,26)19-10-6-3-7-11-19/h2-11,14-17,21H,12-13H2,1H3. The summed E-state index contributed by atoms with van der Waals surface area (Å²) in [7, 11) is -7.65. The molecular formula is C20H22N2O4S2. The minimum atomic E-state index is -3.83. The van der Waals surface area contributed by atoms with E-state index in [9.17, 15) is 16.8 Å². The molecule has 2 aromatic carbocycles. The van der Waals surface area contributed by atoms with Crippen molar-refractivity contribution in [2.45, 2.75) is 35.6 Å². The molecule has 1 N–H and O–H groups in total. The number of hydrogen-bond donors (Lipinski definition) is 1. The Balaban J connectivity index is 1.71. The minimum Gasteiger partial charge on any atom is -0.248 e. The molecule has 8 heteroatoms. The molecule has 148 valence electrons. The zero-order valence-corrected chi connectivity index (χ0v) is 17.0. The summed E-state index contributed by atoms with van der Waals surface area (Å²) in [6, 6.07) is 18.7. The van der Waals surface area contributed by atoms with Crippen molar-refractivity contribution in [2.24, 2.45) is 0 Å². The molecule has 1 atom stereocenters. The molecule has 1 aromatic heterocycles. The van der Waals surface area contributed by atoms with Crippen LogP contribution in [0.15, 0.2) is 88.9 Å². The van der Waals surface area contributed by atoms with Crippen molar-refractivity contribution in [3.8, 4) is 0 Å². The van der Waals surface area contributed by atoms with Crippen LogP contribution < -0.4 is 4.72 Å². The van der Waals surface area contributed by atoms with Crippen LogP contribution in [0.5, 0.6) is 0 Å². The molecule has 0 amide bonds. The first-order valence-electron chi connectivity index (χ1n) is 8.84. The van der Waals surface area contributed by atoms with Gasteiger partial charge in [-0.25, -0.2) is 25.5 Å². The lowest BCUT2D eigenvalue weighted by atomic mass is 10.1. The van der Waals surface area contributed by atoms with Crippen molar-refractivity contribution in [1.29, 1.82) is 0 Å². The summed E-state index contributed by atoms with van der Waals surface area (Å²) in [5.74, 6) is 0. The summed E-state index contributed by atoms with van der Waals surface area (Å²) in [5.41, 5.74) is 1.13. The molecule has 0 bridgehead atoms. The van der Waals surface area contributed by atoms with Gasteiger partial charge in [0.05, 0.1) is 4.90 Å². The maximum Gasteiger partial charge on any atom is 0.267 e. The highest BCUT2D eigenvalue weighted by molar-refractivity contribution is 7.90. The second-order valence-electron chi connectivity index (χ2n) is 6.54. The topological polar surface area (TPSA) is 85.2 Å². The van der Waals surface area contributed by atoms with E-state index in [4.69, 9.17) is 0 Å². The Morgan fingerprint density at radius 1 is 0.857 bits per heavy atom. The van der Waals surface area contributed by atoms with Gasteiger partial charge in [0.25, 0.3) is 10.0 Å². The highest BCUT2D eigenvalue weighted by Gasteiger charge is 2.22. The van der Waals surface area contributed by atoms with Gasteiger partial charge in [0.15, 0.2) is 0 Å². The van der Waals surface area contributed by atoms with Crippen molar-refractivity contribution >= 4 is 20.0 Å². The van der Waals surface area contributed by atoms with Gasteiger partial charge in [-0.1, -0.05) is 48.5 Å². The molecule has 0 aliphatic heterocycles. The average Bonchev–Trinajstić information content (AvgIpc) is 3.20. The fourth-order valence-electron chi connectivity index (χ4n) is 2.80. The summed E-state index contributed by atoms with van der Waals surface area (Å²) in [6.45, 7) is 1.79. The van der Waals surface area contributed by atoms with Gasteiger partial charge in [-0.05, 0) is 43.5 Å². The molecule has 3 rings (SSSR count). The number of aromatic nitrogens is 1. The smallest absolute Gasteiger partial charge is 0.248 e. The maximum absolute atomic E-state index is 12.6. The number of rotatable bonds is 8. The number of sulfonamides is 1. The first kappa shape index (κ1) is 20.3. The Morgan fingerprint density at radius 2 is 1.46 bits per heavy atom. The summed E-state index contributed by atoms with van der Waals surface area (Å²) >= 11 is 0. The largest absolute Gasteiger partial charge is 0.267 e. The predicted molar refractivity (Wildman–Crippen MR) is 108 cm³/mol. The first-order chi connectivity index (χ1) is 13.3. The van der Waals surface area contributed by atoms with Crippen LogP contribution >= 0.6 is 0 Å². The molecule has 1 heterocycles. The third kappa shape index (κ3) is 4.70. The number of benzene rings is 2. The molecule has 0 saturated carbocycles. The molecule has 1 unspecified atom stereocenters. The monoisotopic (exact) mass is 418 g/mol. The number of hydrogen-bond acceptors (Lipinski definition) is 4. The molecule has 0 spiro atoms. The van der Waals surface area contributed by atoms with E-state index in [1.807, 2.05) is 30.3 Å². The summed E-state index contributed by atoms with van der Waals surface area (Å²) < 4.78 is 54.0. The van der Waals surface area contributed by atoms with E-state index >= 15 is 0 Å². The van der Waals surface area contributed by atoms with Crippen LogP contribution in [-0.2, 0) is 26.5 Å². The van der Waals surface area contributed by atoms with E-state index < -0.39 is 20.0 Å². The molecule has 6 nitrogen and oxygen atoms in total. The molecular weight excluding hydrogens is 396 g/mol. The van der Waals surface area contributed by atoms with Crippen LogP contribution in [0.4, 0.5) is 0 Å². The SMILES string of the molecule is CC(CCc1ccccc1)NS(=O)(=O)c1ccn(S(=O)(=O)c2ccccc2)c1. The van der Waals surface area contributed by atoms with Gasteiger partial charge in [-0.15, -0.1) is 0 Å². The lowest BCUT2D eigenvalue weighted by Gasteiger charge is -2.13. The van der Waals surface area contributed by atoms with Gasteiger partial charge in [0.1, 0.15) is 4.90 Å². The molecule has 0 aliphatic rings. The van der Waals surface area contributed by atoms with Crippen molar-refractivity contribution in [3.05, 3.63) is 84.7 Å².